The summed E-state index contributed by atoms with van der Waals surface area (Å²) in [5, 5.41) is 2.07. The fourth-order valence-corrected chi connectivity index (χ4v) is 6.92. The number of hydrogen-bond acceptors (Lipinski definition) is 4. The van der Waals surface area contributed by atoms with Crippen LogP contribution < -0.4 is 4.74 Å². The van der Waals surface area contributed by atoms with Gasteiger partial charge in [0.05, 0.1) is 0 Å². The molecule has 0 saturated carbocycles. The van der Waals surface area contributed by atoms with E-state index >= 15 is 0 Å². The number of H-pyrrole nitrogens is 1. The first-order chi connectivity index (χ1) is 14.0. The lowest BCUT2D eigenvalue weighted by Gasteiger charge is -2.21. The van der Waals surface area contributed by atoms with E-state index in [0.717, 1.165) is 38.7 Å². The normalized spacial score (nSPS) is 12.2. The monoisotopic (exact) mass is 428 g/mol. The molecule has 0 unspecified atom stereocenters. The summed E-state index contributed by atoms with van der Waals surface area (Å²) in [4.78, 5) is 3.15. The second kappa shape index (κ2) is 8.18. The Balaban J connectivity index is 1.53. The summed E-state index contributed by atoms with van der Waals surface area (Å²) in [6.07, 6.45) is 2.63. The van der Waals surface area contributed by atoms with Gasteiger partial charge in [0, 0.05) is 34.9 Å². The second-order valence-corrected chi connectivity index (χ2v) is 10.2. The van der Waals surface area contributed by atoms with Gasteiger partial charge in [-0.1, -0.05) is 25.1 Å². The third-order valence-corrected chi connectivity index (χ3v) is 8.75. The number of rotatable bonds is 8. The summed E-state index contributed by atoms with van der Waals surface area (Å²) in [7, 11) is -3.57. The summed E-state index contributed by atoms with van der Waals surface area (Å²) in [5.74, 6) is 0.740. The maximum Gasteiger partial charge on any atom is 0.252 e. The van der Waals surface area contributed by atoms with E-state index in [4.69, 9.17) is 4.74 Å². The average Bonchev–Trinajstić information content (AvgIpc) is 3.32. The Morgan fingerprint density at radius 3 is 2.72 bits per heavy atom. The molecule has 152 valence electrons. The first-order valence-electron chi connectivity index (χ1n) is 9.69. The summed E-state index contributed by atoms with van der Waals surface area (Å²) in [6, 6.07) is 15.6. The second-order valence-electron chi connectivity index (χ2n) is 6.99. The summed E-state index contributed by atoms with van der Waals surface area (Å²) >= 11 is 1.34. The van der Waals surface area contributed by atoms with E-state index in [-0.39, 0.29) is 0 Å². The molecule has 2 aromatic carbocycles. The van der Waals surface area contributed by atoms with Crippen LogP contribution in [0, 0.1) is 6.92 Å². The van der Waals surface area contributed by atoms with Crippen molar-refractivity contribution < 1.29 is 13.2 Å². The summed E-state index contributed by atoms with van der Waals surface area (Å²) in [6.45, 7) is 4.96. The Hall–Kier alpha value is -2.35. The molecule has 0 atom stereocenters. The molecular weight excluding hydrogens is 404 g/mol. The van der Waals surface area contributed by atoms with Crippen molar-refractivity contribution in [1.29, 1.82) is 0 Å². The first-order valence-corrected chi connectivity index (χ1v) is 11.9. The van der Waals surface area contributed by atoms with Crippen LogP contribution in [0.25, 0.3) is 21.0 Å². The zero-order valence-electron chi connectivity index (χ0n) is 16.5. The van der Waals surface area contributed by atoms with Gasteiger partial charge in [0.2, 0.25) is 0 Å². The number of nitrogens with one attached hydrogen (secondary N) is 1. The van der Waals surface area contributed by atoms with Crippen LogP contribution in [0.15, 0.2) is 58.9 Å². The highest BCUT2D eigenvalue weighted by molar-refractivity contribution is 7.91. The lowest BCUT2D eigenvalue weighted by atomic mass is 10.2. The highest BCUT2D eigenvalue weighted by Gasteiger charge is 2.28. The molecule has 0 radical (unpaired) electrons. The molecule has 0 fully saturated rings. The lowest BCUT2D eigenvalue weighted by Crippen LogP contribution is -2.35. The van der Waals surface area contributed by atoms with Crippen LogP contribution in [0.1, 0.15) is 18.9 Å². The predicted octanol–water partition coefficient (Wildman–Crippen LogP) is 5.17. The van der Waals surface area contributed by atoms with Crippen molar-refractivity contribution in [3.63, 3.8) is 0 Å². The average molecular weight is 429 g/mol. The fourth-order valence-electron chi connectivity index (χ4n) is 3.50. The number of ether oxygens (including phenoxy) is 1. The van der Waals surface area contributed by atoms with Gasteiger partial charge in [-0.15, -0.1) is 11.3 Å². The Morgan fingerprint density at radius 1 is 1.10 bits per heavy atom. The highest BCUT2D eigenvalue weighted by atomic mass is 32.2. The van der Waals surface area contributed by atoms with E-state index < -0.39 is 10.0 Å². The molecule has 4 aromatic rings. The molecule has 0 aliphatic heterocycles. The van der Waals surface area contributed by atoms with Crippen LogP contribution in [-0.4, -0.2) is 37.4 Å². The SMILES string of the molecule is CCCN(CCOc1ccc2[nH]ccc2c1)S(=O)(=O)c1sc2ccccc2c1C. The number of aryl methyl sites for hydroxylation is 1. The van der Waals surface area contributed by atoms with E-state index in [1.54, 1.807) is 4.31 Å². The molecule has 0 spiro atoms. The van der Waals surface area contributed by atoms with Crippen molar-refractivity contribution in [2.24, 2.45) is 0 Å². The molecule has 0 aliphatic carbocycles. The quantitative estimate of drug-likeness (QED) is 0.421. The van der Waals surface area contributed by atoms with E-state index in [2.05, 4.69) is 4.98 Å². The molecule has 2 aromatic heterocycles. The topological polar surface area (TPSA) is 62.4 Å². The number of fused-ring (bicyclic) bond motifs is 2. The van der Waals surface area contributed by atoms with Gasteiger partial charge < -0.3 is 9.72 Å². The van der Waals surface area contributed by atoms with Crippen LogP contribution in [-0.2, 0) is 10.0 Å². The van der Waals surface area contributed by atoms with E-state index in [1.165, 1.54) is 11.3 Å². The van der Waals surface area contributed by atoms with E-state index in [9.17, 15) is 8.42 Å². The Kier molecular flexibility index (Phi) is 5.63. The maximum atomic E-state index is 13.4. The Morgan fingerprint density at radius 2 is 1.93 bits per heavy atom. The summed E-state index contributed by atoms with van der Waals surface area (Å²) < 4.78 is 35.6. The minimum atomic E-state index is -3.57. The number of sulfonamides is 1. The first kappa shape index (κ1) is 19.9. The number of hydrogen-bond donors (Lipinski definition) is 1. The molecule has 0 saturated heterocycles. The van der Waals surface area contributed by atoms with Gasteiger partial charge in [-0.05, 0) is 54.6 Å². The zero-order chi connectivity index (χ0) is 20.4. The van der Waals surface area contributed by atoms with Crippen molar-refractivity contribution in [2.75, 3.05) is 19.7 Å². The largest absolute Gasteiger partial charge is 0.492 e. The molecule has 7 heteroatoms. The van der Waals surface area contributed by atoms with Crippen LogP contribution in [0.5, 0.6) is 5.75 Å². The van der Waals surface area contributed by atoms with E-state index in [0.29, 0.717) is 23.9 Å². The minimum Gasteiger partial charge on any atom is -0.492 e. The maximum absolute atomic E-state index is 13.4. The Bertz CT molecular complexity index is 1240. The molecule has 5 nitrogen and oxygen atoms in total. The van der Waals surface area contributed by atoms with E-state index in [1.807, 2.05) is 68.6 Å². The van der Waals surface area contributed by atoms with Crippen LogP contribution in [0.2, 0.25) is 0 Å². The number of aromatic amines is 1. The molecular formula is C22H24N2O3S2. The van der Waals surface area contributed by atoms with Crippen molar-refractivity contribution in [3.8, 4) is 5.75 Å². The number of thiophene rings is 1. The standard InChI is InChI=1S/C22H24N2O3S2/c1-3-12-24(13-14-27-18-8-9-20-17(15-18)10-11-23-20)29(25,26)22-16(2)19-6-4-5-7-21(19)28-22/h4-11,15,23H,3,12-14H2,1-2H3. The van der Waals surface area contributed by atoms with Crippen LogP contribution >= 0.6 is 11.3 Å². The molecule has 0 bridgehead atoms. The third-order valence-electron chi connectivity index (χ3n) is 4.98. The smallest absolute Gasteiger partial charge is 0.252 e. The molecule has 0 aliphatic rings. The van der Waals surface area contributed by atoms with Crippen molar-refractivity contribution >= 4 is 42.3 Å². The van der Waals surface area contributed by atoms with Gasteiger partial charge in [0.15, 0.2) is 0 Å². The number of aromatic nitrogens is 1. The molecule has 4 rings (SSSR count). The zero-order valence-corrected chi connectivity index (χ0v) is 18.1. The minimum absolute atomic E-state index is 0.305. The van der Waals surface area contributed by atoms with Gasteiger partial charge in [0.25, 0.3) is 10.0 Å². The molecule has 1 N–H and O–H groups in total. The van der Waals surface area contributed by atoms with Crippen LogP contribution in [0.3, 0.4) is 0 Å². The predicted molar refractivity (Wildman–Crippen MR) is 119 cm³/mol. The highest BCUT2D eigenvalue weighted by Crippen LogP contribution is 2.35. The molecule has 2 heterocycles. The van der Waals surface area contributed by atoms with Gasteiger partial charge in [-0.3, -0.25) is 0 Å². The van der Waals surface area contributed by atoms with Crippen molar-refractivity contribution in [1.82, 2.24) is 9.29 Å². The molecule has 0 amide bonds. The van der Waals surface area contributed by atoms with Gasteiger partial charge >= 0.3 is 0 Å². The van der Waals surface area contributed by atoms with Gasteiger partial charge in [-0.2, -0.15) is 4.31 Å². The van der Waals surface area contributed by atoms with Crippen molar-refractivity contribution in [2.45, 2.75) is 24.5 Å². The summed E-state index contributed by atoms with van der Waals surface area (Å²) in [5.41, 5.74) is 1.87. The lowest BCUT2D eigenvalue weighted by molar-refractivity contribution is 0.273. The van der Waals surface area contributed by atoms with Crippen LogP contribution in [0.4, 0.5) is 0 Å². The third kappa shape index (κ3) is 3.90. The van der Waals surface area contributed by atoms with Crippen molar-refractivity contribution in [3.05, 3.63) is 60.3 Å². The number of nitrogens with zero attached hydrogens (tertiary/aromatic N) is 1. The Labute approximate surface area is 175 Å². The number of benzene rings is 2. The molecule has 29 heavy (non-hydrogen) atoms. The fraction of sp³-hybridized carbons (Fsp3) is 0.273. The van der Waals surface area contributed by atoms with Gasteiger partial charge in [0.1, 0.15) is 16.6 Å². The van der Waals surface area contributed by atoms with Gasteiger partial charge in [-0.25, -0.2) is 8.42 Å².